The highest BCUT2D eigenvalue weighted by Crippen LogP contribution is 2.33. The van der Waals surface area contributed by atoms with Crippen molar-refractivity contribution in [1.82, 2.24) is 10.3 Å². The molecule has 6 nitrogen and oxygen atoms in total. The third kappa shape index (κ3) is 4.27. The number of carbonyl (C=O) groups excluding carboxylic acids is 2. The Morgan fingerprint density at radius 3 is 2.56 bits per heavy atom. The predicted molar refractivity (Wildman–Crippen MR) is 103 cm³/mol. The maximum absolute atomic E-state index is 12.4. The van der Waals surface area contributed by atoms with Crippen molar-refractivity contribution in [1.29, 1.82) is 0 Å². The van der Waals surface area contributed by atoms with Gasteiger partial charge in [0.05, 0.1) is 7.11 Å². The van der Waals surface area contributed by atoms with Crippen LogP contribution in [0.3, 0.4) is 0 Å². The lowest BCUT2D eigenvalue weighted by Gasteiger charge is -2.29. The molecule has 0 atom stereocenters. The van der Waals surface area contributed by atoms with Gasteiger partial charge in [-0.15, -0.1) is 0 Å². The molecule has 2 aromatic rings. The normalized spacial score (nSPS) is 15.1. The molecule has 0 unspecified atom stereocenters. The van der Waals surface area contributed by atoms with Gasteiger partial charge in [-0.3, -0.25) is 14.4 Å². The zero-order valence-electron chi connectivity index (χ0n) is 15.8. The first-order valence-electron chi connectivity index (χ1n) is 8.99. The summed E-state index contributed by atoms with van der Waals surface area (Å²) in [6.07, 6.45) is 1.65. The summed E-state index contributed by atoms with van der Waals surface area (Å²) in [5.74, 6) is 0.270. The number of ketones is 1. The maximum Gasteiger partial charge on any atom is 0.261 e. The minimum absolute atomic E-state index is 0.0171. The van der Waals surface area contributed by atoms with Crippen LogP contribution in [0, 0.1) is 5.41 Å². The lowest BCUT2D eigenvalue weighted by Crippen LogP contribution is -2.35. The van der Waals surface area contributed by atoms with E-state index in [-0.39, 0.29) is 16.8 Å². The van der Waals surface area contributed by atoms with E-state index in [2.05, 4.69) is 10.3 Å². The fraction of sp³-hybridized carbons (Fsp3) is 0.381. The molecular formula is C21H24N2O4. The van der Waals surface area contributed by atoms with Gasteiger partial charge in [-0.25, -0.2) is 0 Å². The van der Waals surface area contributed by atoms with Crippen LogP contribution in [0.15, 0.2) is 35.1 Å². The summed E-state index contributed by atoms with van der Waals surface area (Å²) >= 11 is 0. The number of H-pyrrole nitrogens is 1. The fourth-order valence-corrected chi connectivity index (χ4v) is 3.40. The van der Waals surface area contributed by atoms with Crippen LogP contribution in [0.25, 0.3) is 0 Å². The Morgan fingerprint density at radius 2 is 1.89 bits per heavy atom. The van der Waals surface area contributed by atoms with Gasteiger partial charge in [0, 0.05) is 24.2 Å². The van der Waals surface area contributed by atoms with E-state index in [1.165, 1.54) is 6.07 Å². The maximum atomic E-state index is 12.4. The third-order valence-electron chi connectivity index (χ3n) is 4.82. The summed E-state index contributed by atoms with van der Waals surface area (Å²) in [4.78, 5) is 39.8. The summed E-state index contributed by atoms with van der Waals surface area (Å²) in [5.41, 5.74) is 1.46. The van der Waals surface area contributed by atoms with Gasteiger partial charge in [0.25, 0.3) is 11.5 Å². The lowest BCUT2D eigenvalue weighted by molar-refractivity contribution is 0.0910. The lowest BCUT2D eigenvalue weighted by atomic mass is 9.75. The highest BCUT2D eigenvalue weighted by molar-refractivity contribution is 6.02. The number of Topliss-reactive ketones (excluding diaryl/α,β-unsaturated/α-hetero) is 1. The first-order valence-corrected chi connectivity index (χ1v) is 8.99. The van der Waals surface area contributed by atoms with Crippen molar-refractivity contribution in [3.8, 4) is 5.75 Å². The van der Waals surface area contributed by atoms with Crippen LogP contribution in [0.4, 0.5) is 0 Å². The number of carbonyl (C=O) groups is 2. The van der Waals surface area contributed by atoms with E-state index in [0.717, 1.165) is 11.3 Å². The van der Waals surface area contributed by atoms with Crippen LogP contribution in [-0.2, 0) is 12.8 Å². The zero-order valence-corrected chi connectivity index (χ0v) is 15.8. The van der Waals surface area contributed by atoms with Crippen molar-refractivity contribution in [2.24, 2.45) is 5.41 Å². The topological polar surface area (TPSA) is 88.3 Å². The first kappa shape index (κ1) is 18.9. The number of hydrogen-bond donors (Lipinski definition) is 2. The molecule has 1 heterocycles. The Kier molecular flexibility index (Phi) is 5.17. The van der Waals surface area contributed by atoms with Crippen molar-refractivity contribution in [3.05, 3.63) is 63.1 Å². The first-order chi connectivity index (χ1) is 12.8. The molecule has 142 valence electrons. The standard InChI is InChI=1S/C21H24N2O4/c1-21(2)11-17-15(18(24)12-21)10-16(20(26)23-17)19(25)22-9-8-13-4-6-14(27-3)7-5-13/h4-7,10H,8-9,11-12H2,1-3H3,(H,22,25)(H,23,26). The van der Waals surface area contributed by atoms with Crippen LogP contribution in [0.5, 0.6) is 5.75 Å². The van der Waals surface area contributed by atoms with Gasteiger partial charge < -0.3 is 15.0 Å². The number of hydrogen-bond acceptors (Lipinski definition) is 4. The second-order valence-electron chi connectivity index (χ2n) is 7.70. The van der Waals surface area contributed by atoms with Crippen LogP contribution >= 0.6 is 0 Å². The number of aromatic nitrogens is 1. The number of benzene rings is 1. The molecule has 27 heavy (non-hydrogen) atoms. The molecular weight excluding hydrogens is 344 g/mol. The smallest absolute Gasteiger partial charge is 0.261 e. The average Bonchev–Trinajstić information content (AvgIpc) is 2.60. The average molecular weight is 368 g/mol. The summed E-state index contributed by atoms with van der Waals surface area (Å²) in [7, 11) is 1.61. The minimum Gasteiger partial charge on any atom is -0.497 e. The highest BCUT2D eigenvalue weighted by Gasteiger charge is 2.32. The SMILES string of the molecule is COc1ccc(CCNC(=O)c2cc3c([nH]c2=O)CC(C)(C)CC3=O)cc1. The predicted octanol–water partition coefficient (Wildman–Crippen LogP) is 2.51. The van der Waals surface area contributed by atoms with Crippen molar-refractivity contribution in [2.45, 2.75) is 33.1 Å². The largest absolute Gasteiger partial charge is 0.497 e. The molecule has 3 rings (SSSR count). The van der Waals surface area contributed by atoms with E-state index >= 15 is 0 Å². The van der Waals surface area contributed by atoms with E-state index in [1.54, 1.807) is 7.11 Å². The third-order valence-corrected chi connectivity index (χ3v) is 4.82. The van der Waals surface area contributed by atoms with Gasteiger partial charge in [-0.2, -0.15) is 0 Å². The molecule has 0 fully saturated rings. The number of pyridine rings is 1. The molecule has 1 aromatic heterocycles. The monoisotopic (exact) mass is 368 g/mol. The molecule has 2 N–H and O–H groups in total. The Hall–Kier alpha value is -2.89. The van der Waals surface area contributed by atoms with E-state index in [0.29, 0.717) is 37.1 Å². The molecule has 1 aliphatic rings. The van der Waals surface area contributed by atoms with Gasteiger partial charge in [0.1, 0.15) is 11.3 Å². The minimum atomic E-state index is -0.467. The Balaban J connectivity index is 1.69. The molecule has 0 radical (unpaired) electrons. The second kappa shape index (κ2) is 7.39. The summed E-state index contributed by atoms with van der Waals surface area (Å²) in [6, 6.07) is 9.01. The van der Waals surface area contributed by atoms with E-state index in [1.807, 2.05) is 38.1 Å². The van der Waals surface area contributed by atoms with E-state index in [4.69, 9.17) is 4.74 Å². The molecule has 0 spiro atoms. The summed E-state index contributed by atoms with van der Waals surface area (Å²) < 4.78 is 5.11. The van der Waals surface area contributed by atoms with Crippen molar-refractivity contribution < 1.29 is 14.3 Å². The van der Waals surface area contributed by atoms with Gasteiger partial charge >= 0.3 is 0 Å². The molecule has 0 saturated heterocycles. The molecule has 1 aliphatic carbocycles. The Bertz CT molecular complexity index is 926. The number of rotatable bonds is 5. The number of ether oxygens (including phenoxy) is 1. The number of fused-ring (bicyclic) bond motifs is 1. The second-order valence-corrected chi connectivity index (χ2v) is 7.70. The number of methoxy groups -OCH3 is 1. The molecule has 6 heteroatoms. The number of amides is 1. The molecule has 0 bridgehead atoms. The van der Waals surface area contributed by atoms with E-state index < -0.39 is 11.5 Å². The summed E-state index contributed by atoms with van der Waals surface area (Å²) in [5, 5.41) is 2.75. The summed E-state index contributed by atoms with van der Waals surface area (Å²) in [6.45, 7) is 4.38. The molecule has 0 aliphatic heterocycles. The Labute approximate surface area is 157 Å². The number of nitrogens with one attached hydrogen (secondary N) is 2. The van der Waals surface area contributed by atoms with Crippen molar-refractivity contribution >= 4 is 11.7 Å². The molecule has 1 amide bonds. The fourth-order valence-electron chi connectivity index (χ4n) is 3.40. The quantitative estimate of drug-likeness (QED) is 0.849. The van der Waals surface area contributed by atoms with Gasteiger partial charge in [0.2, 0.25) is 0 Å². The van der Waals surface area contributed by atoms with E-state index in [9.17, 15) is 14.4 Å². The zero-order chi connectivity index (χ0) is 19.6. The Morgan fingerprint density at radius 1 is 1.19 bits per heavy atom. The van der Waals surface area contributed by atoms with Gasteiger partial charge in [-0.1, -0.05) is 26.0 Å². The van der Waals surface area contributed by atoms with Gasteiger partial charge in [-0.05, 0) is 42.0 Å². The van der Waals surface area contributed by atoms with Crippen LogP contribution < -0.4 is 15.6 Å². The number of aromatic amines is 1. The highest BCUT2D eigenvalue weighted by atomic mass is 16.5. The van der Waals surface area contributed by atoms with Gasteiger partial charge in [0.15, 0.2) is 5.78 Å². The van der Waals surface area contributed by atoms with Crippen LogP contribution in [0.1, 0.15) is 52.2 Å². The van der Waals surface area contributed by atoms with Crippen molar-refractivity contribution in [3.63, 3.8) is 0 Å². The van der Waals surface area contributed by atoms with Crippen LogP contribution in [-0.4, -0.2) is 30.3 Å². The van der Waals surface area contributed by atoms with Crippen molar-refractivity contribution in [2.75, 3.05) is 13.7 Å². The molecule has 0 saturated carbocycles. The molecule has 1 aromatic carbocycles. The van der Waals surface area contributed by atoms with Crippen LogP contribution in [0.2, 0.25) is 0 Å².